The number of unbranched alkanes of at least 4 members (excludes halogenated alkanes) is 6. The number of aromatic nitrogens is 4. The number of hydrogen-bond donors (Lipinski definition) is 5. The first-order chi connectivity index (χ1) is 41.9. The highest BCUT2D eigenvalue weighted by molar-refractivity contribution is 5.87. The Balaban J connectivity index is 1.25. The van der Waals surface area contributed by atoms with Gasteiger partial charge in [0.25, 0.3) is 0 Å². The molecule has 5 N–H and O–H groups in total. The van der Waals surface area contributed by atoms with Crippen LogP contribution in [0.4, 0.5) is 11.4 Å². The van der Waals surface area contributed by atoms with Gasteiger partial charge in [-0.05, 0) is 189 Å². The summed E-state index contributed by atoms with van der Waals surface area (Å²) in [4.78, 5) is 31.1. The predicted octanol–water partition coefficient (Wildman–Crippen LogP) is 20.9. The van der Waals surface area contributed by atoms with Crippen LogP contribution in [0.1, 0.15) is 278 Å². The van der Waals surface area contributed by atoms with Crippen molar-refractivity contribution in [3.63, 3.8) is 0 Å². The third-order valence-electron chi connectivity index (χ3n) is 18.2. The Morgan fingerprint density at radius 2 is 0.761 bits per heavy atom. The quantitative estimate of drug-likeness (QED) is 0.0492. The number of H-pyrrole nitrogens is 4. The normalized spacial score (nSPS) is 16.3. The molecule has 7 heteroatoms. The van der Waals surface area contributed by atoms with E-state index >= 15 is 0 Å². The average Bonchev–Trinajstić information content (AvgIpc) is 1.65. The molecule has 7 nitrogen and oxygen atoms in total. The Kier molecular flexibility index (Phi) is 18.6. The van der Waals surface area contributed by atoms with Gasteiger partial charge < -0.3 is 29.9 Å². The number of nitrogens with one attached hydrogen (secondary N) is 4. The van der Waals surface area contributed by atoms with Gasteiger partial charge in [-0.1, -0.05) is 208 Å². The number of carboxylic acids is 1. The molecule has 0 saturated heterocycles. The van der Waals surface area contributed by atoms with Crippen molar-refractivity contribution in [3.05, 3.63) is 259 Å². The van der Waals surface area contributed by atoms with Crippen molar-refractivity contribution < 1.29 is 9.90 Å². The molecule has 1 aliphatic rings. The summed E-state index contributed by atoms with van der Waals surface area (Å²) < 4.78 is 0. The number of rotatable bonds is 16. The number of aromatic amines is 4. The number of carbonyl (C=O) groups is 1. The van der Waals surface area contributed by atoms with Gasteiger partial charge in [-0.15, -0.1) is 0 Å². The van der Waals surface area contributed by atoms with E-state index in [2.05, 4.69) is 267 Å². The summed E-state index contributed by atoms with van der Waals surface area (Å²) in [6, 6.07) is 58.3. The van der Waals surface area contributed by atoms with Gasteiger partial charge in [-0.2, -0.15) is 0 Å². The van der Waals surface area contributed by atoms with Crippen LogP contribution in [0.2, 0.25) is 0 Å². The molecule has 2 unspecified atom stereocenters. The van der Waals surface area contributed by atoms with Crippen LogP contribution in [-0.4, -0.2) is 31.0 Å². The molecule has 458 valence electrons. The van der Waals surface area contributed by atoms with Crippen LogP contribution in [0.5, 0.6) is 0 Å². The third-order valence-corrected chi connectivity index (χ3v) is 18.2. The van der Waals surface area contributed by atoms with Crippen molar-refractivity contribution in [2.45, 2.75) is 207 Å². The lowest BCUT2D eigenvalue weighted by atomic mass is 9.77. The minimum absolute atomic E-state index is 0.113. The van der Waals surface area contributed by atoms with Crippen molar-refractivity contribution in [2.75, 3.05) is 4.90 Å². The number of anilines is 2. The maximum absolute atomic E-state index is 11.9. The van der Waals surface area contributed by atoms with Crippen molar-refractivity contribution in [2.24, 2.45) is 0 Å². The Morgan fingerprint density at radius 1 is 0.420 bits per heavy atom. The van der Waals surface area contributed by atoms with E-state index in [0.29, 0.717) is 0 Å². The van der Waals surface area contributed by atoms with Crippen LogP contribution in [0.15, 0.2) is 158 Å². The van der Waals surface area contributed by atoms with Crippen LogP contribution >= 0.6 is 0 Å². The fourth-order valence-corrected chi connectivity index (χ4v) is 12.7. The molecular formula is C81H97N5O2. The number of benzene rings is 5. The molecule has 0 amide bonds. The maximum Gasteiger partial charge on any atom is 0.335 e. The smallest absolute Gasteiger partial charge is 0.335 e. The summed E-state index contributed by atoms with van der Waals surface area (Å²) in [6.45, 7) is 32.4. The summed E-state index contributed by atoms with van der Waals surface area (Å²) in [7, 11) is 0. The fourth-order valence-electron chi connectivity index (χ4n) is 12.7. The highest BCUT2D eigenvalue weighted by Crippen LogP contribution is 2.45. The second-order valence-electron chi connectivity index (χ2n) is 29.3. The number of nitrogens with zero attached hydrogens (tertiary/aromatic N) is 1. The van der Waals surface area contributed by atoms with E-state index in [-0.39, 0.29) is 45.1 Å². The van der Waals surface area contributed by atoms with E-state index in [1.807, 2.05) is 0 Å². The highest BCUT2D eigenvalue weighted by atomic mass is 16.4. The SMILES string of the molecule is CCCCCCc1ccc(N(c2ccc(CCCCCC)cc2)C2c3ccc([nH]3)C(c3cc(C(C)(C)C)cc(C(C)(C)C)c3)c3ccc([nH]3)C(C#Cc3ccc(C(=O)O)cc3)c3ccc([nH]3)C(c3cc(C(C)(C)C)cc(C(C)(C)C)c3)c3ccc2[nH]3)cc1. The van der Waals surface area contributed by atoms with Gasteiger partial charge in [-0.25, -0.2) is 4.79 Å². The molecule has 0 spiro atoms. The van der Waals surface area contributed by atoms with Gasteiger partial charge in [-0.3, -0.25) is 0 Å². The van der Waals surface area contributed by atoms with Gasteiger partial charge in [0.2, 0.25) is 0 Å². The van der Waals surface area contributed by atoms with Crippen molar-refractivity contribution >= 4 is 17.3 Å². The van der Waals surface area contributed by atoms with E-state index in [4.69, 9.17) is 0 Å². The van der Waals surface area contributed by atoms with Gasteiger partial charge in [0.05, 0.1) is 17.4 Å². The van der Waals surface area contributed by atoms with Crippen LogP contribution in [-0.2, 0) is 34.5 Å². The molecule has 0 aliphatic carbocycles. The number of hydrogen-bond acceptors (Lipinski definition) is 2. The summed E-state index contributed by atoms with van der Waals surface area (Å²) in [5, 5.41) is 9.79. The molecule has 8 bridgehead atoms. The molecule has 0 radical (unpaired) electrons. The Morgan fingerprint density at radius 3 is 1.10 bits per heavy atom. The number of carboxylic acid groups (broad SMARTS) is 1. The summed E-state index contributed by atoms with van der Waals surface area (Å²) in [5.74, 6) is 5.38. The van der Waals surface area contributed by atoms with E-state index in [1.54, 1.807) is 24.3 Å². The van der Waals surface area contributed by atoms with E-state index in [1.165, 1.54) is 95.9 Å². The van der Waals surface area contributed by atoms with Crippen molar-refractivity contribution in [1.29, 1.82) is 0 Å². The first kappa shape index (κ1) is 63.1. The van der Waals surface area contributed by atoms with Gasteiger partial charge in [0.1, 0.15) is 12.0 Å². The Bertz CT molecular complexity index is 3590. The van der Waals surface area contributed by atoms with Crippen molar-refractivity contribution in [1.82, 2.24) is 19.9 Å². The van der Waals surface area contributed by atoms with Gasteiger partial charge >= 0.3 is 5.97 Å². The maximum atomic E-state index is 11.9. The summed E-state index contributed by atoms with van der Waals surface area (Å²) >= 11 is 0. The summed E-state index contributed by atoms with van der Waals surface area (Å²) in [6.07, 6.45) is 12.0. The molecular weight excluding hydrogens is 1070 g/mol. The van der Waals surface area contributed by atoms with E-state index in [0.717, 1.165) is 75.3 Å². The fraction of sp³-hybridized carbons (Fsp3) is 0.395. The molecule has 4 aromatic heterocycles. The standard InChI is InChI=1S/C81H97N5O2/c1-15-17-19-21-23-53-27-34-63(35-28-53)86(64-36-29-54(30-37-64)24-22-20-18-16-2)76-72-45-43-70(84-72)74(57-47-59(78(3,4)5)51-60(48-57)79(6,7)8)68-41-39-66(82-68)65(38-31-55-25-32-56(33-26-55)77(87)88)67-40-42-69(83-67)75(71-44-46-73(76)85-71)58-49-61(80(9,10)11)52-62(50-58)81(12,13)14/h25-30,32-37,39-52,65,74-76,82-85H,15-24H2,1-14H3,(H,87,88). The lowest BCUT2D eigenvalue weighted by molar-refractivity contribution is 0.0696. The number of aryl methyl sites for hydroxylation is 2. The molecule has 2 atom stereocenters. The van der Waals surface area contributed by atoms with Gasteiger partial charge in [0, 0.05) is 62.5 Å². The zero-order valence-corrected chi connectivity index (χ0v) is 55.2. The van der Waals surface area contributed by atoms with Crippen LogP contribution < -0.4 is 4.90 Å². The number of fused-ring (bicyclic) bond motifs is 8. The highest BCUT2D eigenvalue weighted by Gasteiger charge is 2.34. The molecule has 88 heavy (non-hydrogen) atoms. The largest absolute Gasteiger partial charge is 0.478 e. The molecule has 0 saturated carbocycles. The third kappa shape index (κ3) is 14.5. The molecule has 5 aromatic carbocycles. The second-order valence-corrected chi connectivity index (χ2v) is 29.3. The van der Waals surface area contributed by atoms with Crippen LogP contribution in [0, 0.1) is 11.8 Å². The van der Waals surface area contributed by atoms with Crippen molar-refractivity contribution in [3.8, 4) is 11.8 Å². The monoisotopic (exact) mass is 1170 g/mol. The second kappa shape index (κ2) is 26.0. The van der Waals surface area contributed by atoms with E-state index in [9.17, 15) is 9.90 Å². The summed E-state index contributed by atoms with van der Waals surface area (Å²) in [5.41, 5.74) is 21.4. The molecule has 0 fully saturated rings. The number of aromatic carboxylic acids is 1. The lowest BCUT2D eigenvalue weighted by Crippen LogP contribution is -2.26. The zero-order chi connectivity index (χ0) is 62.7. The molecule has 1 aliphatic heterocycles. The molecule has 10 rings (SSSR count). The molecule has 9 aromatic rings. The Hall–Kier alpha value is -7.95. The average molecular weight is 1170 g/mol. The van der Waals surface area contributed by atoms with Gasteiger partial charge in [0.15, 0.2) is 0 Å². The van der Waals surface area contributed by atoms with Crippen LogP contribution in [0.3, 0.4) is 0 Å². The first-order valence-corrected chi connectivity index (χ1v) is 32.8. The minimum Gasteiger partial charge on any atom is -0.478 e. The first-order valence-electron chi connectivity index (χ1n) is 32.8. The van der Waals surface area contributed by atoms with E-state index < -0.39 is 11.9 Å². The lowest BCUT2D eigenvalue weighted by Gasteiger charge is -2.34. The predicted molar refractivity (Wildman–Crippen MR) is 367 cm³/mol. The Labute approximate surface area is 526 Å². The van der Waals surface area contributed by atoms with Crippen LogP contribution in [0.25, 0.3) is 0 Å². The topological polar surface area (TPSA) is 104 Å². The minimum atomic E-state index is -0.961. The zero-order valence-electron chi connectivity index (χ0n) is 55.2. The molecule has 5 heterocycles.